The smallest absolute Gasteiger partial charge is 0.101 e. The lowest BCUT2D eigenvalue weighted by atomic mass is 10.6. The molecule has 2 heteroatoms. The van der Waals surface area contributed by atoms with Gasteiger partial charge >= 0.3 is 0 Å². The second-order valence-corrected chi connectivity index (χ2v) is 3.06. The van der Waals surface area contributed by atoms with Gasteiger partial charge < -0.3 is 0 Å². The van der Waals surface area contributed by atoms with Crippen molar-refractivity contribution >= 4 is 22.6 Å². The molecule has 32 valence electrons. The minimum absolute atomic E-state index is 0.188. The average molecular weight is 188 g/mol. The third-order valence-electron chi connectivity index (χ3n) is 0.213. The molecule has 0 spiro atoms. The van der Waals surface area contributed by atoms with E-state index in [0.717, 1.165) is 0 Å². The fourth-order valence-corrected chi connectivity index (χ4v) is 0. The van der Waals surface area contributed by atoms with Crippen molar-refractivity contribution in [1.82, 2.24) is 0 Å². The molecule has 0 saturated carbocycles. The highest BCUT2D eigenvalue weighted by Gasteiger charge is 1.86. The molecule has 0 saturated heterocycles. The lowest BCUT2D eigenvalue weighted by Crippen LogP contribution is -1.87. The normalized spacial score (nSPS) is 15.0. The van der Waals surface area contributed by atoms with Crippen LogP contribution in [-0.2, 0) is 0 Å². The molecule has 5 heavy (non-hydrogen) atoms. The van der Waals surface area contributed by atoms with E-state index in [1.54, 1.807) is 0 Å². The number of hydrogen-bond donors (Lipinski definition) is 0. The lowest BCUT2D eigenvalue weighted by molar-refractivity contribution is 0.502. The van der Waals surface area contributed by atoms with E-state index >= 15 is 0 Å². The molecule has 0 aromatic heterocycles. The molecule has 0 bridgehead atoms. The lowest BCUT2D eigenvalue weighted by Gasteiger charge is -1.84. The van der Waals surface area contributed by atoms with Crippen LogP contribution in [0, 0.1) is 0 Å². The number of halogens is 2. The van der Waals surface area contributed by atoms with E-state index < -0.39 is 0 Å². The summed E-state index contributed by atoms with van der Waals surface area (Å²) in [7, 11) is 0. The Kier molecular flexibility index (Phi) is 3.25. The van der Waals surface area contributed by atoms with E-state index in [1.807, 2.05) is 29.5 Å². The summed E-state index contributed by atoms with van der Waals surface area (Å²) in [6, 6.07) is 0. The molecule has 0 heterocycles. The van der Waals surface area contributed by atoms with Crippen molar-refractivity contribution in [2.24, 2.45) is 0 Å². The molecular weight excluding hydrogens is 182 g/mol. The van der Waals surface area contributed by atoms with Gasteiger partial charge in [0.1, 0.15) is 6.67 Å². The summed E-state index contributed by atoms with van der Waals surface area (Å²) < 4.78 is 11.3. The van der Waals surface area contributed by atoms with Gasteiger partial charge in [0.15, 0.2) is 0 Å². The van der Waals surface area contributed by atoms with Crippen molar-refractivity contribution in [1.29, 1.82) is 0 Å². The molecule has 0 radical (unpaired) electrons. The van der Waals surface area contributed by atoms with E-state index in [-0.39, 0.29) is 10.6 Å². The van der Waals surface area contributed by atoms with Crippen LogP contribution in [0.25, 0.3) is 0 Å². The first-order valence-corrected chi connectivity index (χ1v) is 2.72. The van der Waals surface area contributed by atoms with Crippen LogP contribution >= 0.6 is 22.6 Å². The summed E-state index contributed by atoms with van der Waals surface area (Å²) in [6.07, 6.45) is 0. The van der Waals surface area contributed by atoms with E-state index in [9.17, 15) is 4.39 Å². The Morgan fingerprint density at radius 1 is 2.00 bits per heavy atom. The molecule has 0 aromatic rings. The zero-order valence-electron chi connectivity index (χ0n) is 3.04. The van der Waals surface area contributed by atoms with Crippen molar-refractivity contribution < 1.29 is 4.39 Å². The fourth-order valence-electron chi connectivity index (χ4n) is 0. The Morgan fingerprint density at radius 2 is 2.20 bits per heavy atom. The topological polar surface area (TPSA) is 0 Å². The zero-order chi connectivity index (χ0) is 4.28. The average Bonchev–Trinajstić information content (AvgIpc) is 1.38. The predicted octanol–water partition coefficient (Wildman–Crippen LogP) is 1.78. The summed E-state index contributed by atoms with van der Waals surface area (Å²) in [5.41, 5.74) is 0. The van der Waals surface area contributed by atoms with Gasteiger partial charge in [-0.3, -0.25) is 0 Å². The quantitative estimate of drug-likeness (QED) is 0.434. The summed E-state index contributed by atoms with van der Waals surface area (Å²) in [5, 5.41) is 0. The fraction of sp³-hybridized carbons (Fsp3) is 1.00. The molecule has 0 aliphatic heterocycles. The maximum Gasteiger partial charge on any atom is 0.101 e. The molecule has 0 aliphatic carbocycles. The maximum atomic E-state index is 11.1. The molecule has 0 N–H and O–H groups in total. The molecule has 0 aliphatic rings. The van der Waals surface area contributed by atoms with Crippen molar-refractivity contribution in [3.05, 3.63) is 0 Å². The number of alkyl halides is 2. The maximum absolute atomic E-state index is 11.1. The Morgan fingerprint density at radius 3 is 2.20 bits per heavy atom. The second kappa shape index (κ2) is 2.87. The molecule has 1 atom stereocenters. The minimum Gasteiger partial charge on any atom is -0.250 e. The van der Waals surface area contributed by atoms with Crippen LogP contribution in [0.4, 0.5) is 4.39 Å². The predicted molar refractivity (Wildman–Crippen MR) is 29.5 cm³/mol. The summed E-state index contributed by atoms with van der Waals surface area (Å²) in [5.74, 6) is 0. The summed E-state index contributed by atoms with van der Waals surface area (Å²) >= 11 is 2.03. The van der Waals surface area contributed by atoms with Gasteiger partial charge in [0.25, 0.3) is 0 Å². The van der Waals surface area contributed by atoms with E-state index in [2.05, 4.69) is 0 Å². The van der Waals surface area contributed by atoms with Gasteiger partial charge in [-0.05, 0) is 0 Å². The Bertz CT molecular complexity index is 20.9. The molecule has 0 rings (SSSR count). The van der Waals surface area contributed by atoms with E-state index in [0.29, 0.717) is 0 Å². The van der Waals surface area contributed by atoms with Crippen molar-refractivity contribution in [3.63, 3.8) is 0 Å². The second-order valence-electron chi connectivity index (χ2n) is 0.935. The molecule has 0 aromatic carbocycles. The molecular formula is C3H6FI. The van der Waals surface area contributed by atoms with Gasteiger partial charge in [-0.15, -0.1) is 0 Å². The first kappa shape index (κ1) is 5.66. The van der Waals surface area contributed by atoms with Crippen LogP contribution in [0.3, 0.4) is 0 Å². The van der Waals surface area contributed by atoms with Crippen LogP contribution in [0.2, 0.25) is 0 Å². The summed E-state index contributed by atoms with van der Waals surface area (Å²) in [4.78, 5) is 0. The summed E-state index contributed by atoms with van der Waals surface area (Å²) in [6.45, 7) is 1.63. The van der Waals surface area contributed by atoms with Crippen LogP contribution < -0.4 is 0 Å². The largest absolute Gasteiger partial charge is 0.250 e. The van der Waals surface area contributed by atoms with Gasteiger partial charge in [0.2, 0.25) is 0 Å². The van der Waals surface area contributed by atoms with Crippen LogP contribution in [0.15, 0.2) is 0 Å². The van der Waals surface area contributed by atoms with Gasteiger partial charge in [-0.1, -0.05) is 29.5 Å². The van der Waals surface area contributed by atoms with Gasteiger partial charge in [0.05, 0.1) is 0 Å². The van der Waals surface area contributed by atoms with E-state index in [4.69, 9.17) is 0 Å². The van der Waals surface area contributed by atoms with Crippen molar-refractivity contribution in [3.8, 4) is 0 Å². The van der Waals surface area contributed by atoms with Gasteiger partial charge in [-0.2, -0.15) is 0 Å². The Hall–Kier alpha value is 0.660. The highest BCUT2D eigenvalue weighted by molar-refractivity contribution is 14.1. The van der Waals surface area contributed by atoms with Crippen LogP contribution in [-0.4, -0.2) is 10.6 Å². The van der Waals surface area contributed by atoms with Crippen molar-refractivity contribution in [2.75, 3.05) is 6.67 Å². The SMILES string of the molecule is CC(I)CF. The zero-order valence-corrected chi connectivity index (χ0v) is 5.20. The van der Waals surface area contributed by atoms with Crippen LogP contribution in [0.1, 0.15) is 6.92 Å². The standard InChI is InChI=1S/C3H6FI/c1-3(5)2-4/h3H,2H2,1H3. The number of rotatable bonds is 1. The van der Waals surface area contributed by atoms with Crippen molar-refractivity contribution in [2.45, 2.75) is 10.8 Å². The van der Waals surface area contributed by atoms with E-state index in [1.165, 1.54) is 0 Å². The highest BCUT2D eigenvalue weighted by Crippen LogP contribution is 1.95. The molecule has 0 fully saturated rings. The highest BCUT2D eigenvalue weighted by atomic mass is 127. The monoisotopic (exact) mass is 188 g/mol. The van der Waals surface area contributed by atoms with Gasteiger partial charge in [0, 0.05) is 3.92 Å². The third-order valence-corrected chi connectivity index (χ3v) is 0.546. The van der Waals surface area contributed by atoms with Crippen LogP contribution in [0.5, 0.6) is 0 Å². The molecule has 1 unspecified atom stereocenters. The Labute approximate surface area is 44.9 Å². The first-order chi connectivity index (χ1) is 2.27. The minimum atomic E-state index is -0.208. The number of hydrogen-bond acceptors (Lipinski definition) is 0. The third kappa shape index (κ3) is 4.66. The first-order valence-electron chi connectivity index (χ1n) is 1.47. The Balaban J connectivity index is 2.54. The van der Waals surface area contributed by atoms with Gasteiger partial charge in [-0.25, -0.2) is 4.39 Å². The molecule has 0 nitrogen and oxygen atoms in total. The molecule has 0 amide bonds.